The molecule has 2 rings (SSSR count). The summed E-state index contributed by atoms with van der Waals surface area (Å²) in [6, 6.07) is 6.71. The van der Waals surface area contributed by atoms with Crippen LogP contribution in [0.5, 0.6) is 0 Å². The van der Waals surface area contributed by atoms with Crippen molar-refractivity contribution in [3.63, 3.8) is 0 Å². The minimum absolute atomic E-state index is 0.139. The van der Waals surface area contributed by atoms with Crippen molar-refractivity contribution in [1.29, 1.82) is 0 Å². The third-order valence-electron chi connectivity index (χ3n) is 3.56. The molecule has 2 aromatic carbocycles. The van der Waals surface area contributed by atoms with Gasteiger partial charge in [-0.25, -0.2) is 18.6 Å². The molecule has 0 aliphatic heterocycles. The van der Waals surface area contributed by atoms with Gasteiger partial charge in [0.25, 0.3) is 0 Å². The van der Waals surface area contributed by atoms with Gasteiger partial charge >= 0.3 is 6.09 Å². The molecule has 2 N–H and O–H groups in total. The highest BCUT2D eigenvalue weighted by molar-refractivity contribution is 6.31. The average molecular weight is 426 g/mol. The minimum Gasteiger partial charge on any atom is -0.442 e. The molecule has 29 heavy (non-hydrogen) atoms. The van der Waals surface area contributed by atoms with Crippen LogP contribution in [0.15, 0.2) is 36.4 Å². The van der Waals surface area contributed by atoms with Crippen molar-refractivity contribution in [3.05, 3.63) is 53.1 Å². The lowest BCUT2D eigenvalue weighted by molar-refractivity contribution is -0.111. The summed E-state index contributed by atoms with van der Waals surface area (Å²) in [7, 11) is 0. The van der Waals surface area contributed by atoms with E-state index in [0.717, 1.165) is 23.2 Å². The number of benzene rings is 2. The maximum Gasteiger partial charge on any atom is 0.429 e. The number of nitrogens with one attached hydrogen (secondary N) is 2. The van der Waals surface area contributed by atoms with Crippen LogP contribution in [-0.4, -0.2) is 29.0 Å². The van der Waals surface area contributed by atoms with Crippen molar-refractivity contribution in [3.8, 4) is 0 Å². The Morgan fingerprint density at radius 3 is 2.31 bits per heavy atom. The van der Waals surface area contributed by atoms with Crippen LogP contribution in [-0.2, 0) is 9.53 Å². The Hall–Kier alpha value is -2.87. The van der Waals surface area contributed by atoms with Crippen molar-refractivity contribution in [2.24, 2.45) is 0 Å². The van der Waals surface area contributed by atoms with Crippen LogP contribution in [0.1, 0.15) is 27.7 Å². The SMILES string of the molecule is C[C@@H](C=O)N(Nc1ccc(Cl)cc1Nc1cc(F)cc(F)c1)C(=O)OC(C)(C)C. The summed E-state index contributed by atoms with van der Waals surface area (Å²) < 4.78 is 32.3. The molecule has 2 aromatic rings. The molecule has 1 amide bonds. The molecule has 0 saturated heterocycles. The molecule has 1 atom stereocenters. The number of nitrogens with zero attached hydrogens (tertiary/aromatic N) is 1. The predicted octanol–water partition coefficient (Wildman–Crippen LogP) is 5.51. The smallest absolute Gasteiger partial charge is 0.429 e. The topological polar surface area (TPSA) is 70.7 Å². The number of halogens is 3. The Labute approximate surface area is 172 Å². The van der Waals surface area contributed by atoms with Crippen LogP contribution in [0.3, 0.4) is 0 Å². The monoisotopic (exact) mass is 425 g/mol. The lowest BCUT2D eigenvalue weighted by atomic mass is 10.2. The second kappa shape index (κ2) is 9.09. The summed E-state index contributed by atoms with van der Waals surface area (Å²) in [4.78, 5) is 23.8. The van der Waals surface area contributed by atoms with Crippen molar-refractivity contribution in [1.82, 2.24) is 5.01 Å². The van der Waals surface area contributed by atoms with Gasteiger partial charge in [0.15, 0.2) is 0 Å². The van der Waals surface area contributed by atoms with E-state index in [0.29, 0.717) is 22.7 Å². The van der Waals surface area contributed by atoms with E-state index in [4.69, 9.17) is 16.3 Å². The van der Waals surface area contributed by atoms with Gasteiger partial charge in [-0.2, -0.15) is 0 Å². The number of amides is 1. The summed E-state index contributed by atoms with van der Waals surface area (Å²) in [6.45, 7) is 6.60. The molecule has 0 spiro atoms. The highest BCUT2D eigenvalue weighted by atomic mass is 35.5. The number of ether oxygens (including phenoxy) is 1. The molecule has 0 bridgehead atoms. The molecule has 6 nitrogen and oxygen atoms in total. The fraction of sp³-hybridized carbons (Fsp3) is 0.300. The largest absolute Gasteiger partial charge is 0.442 e. The van der Waals surface area contributed by atoms with Crippen LogP contribution in [0.2, 0.25) is 5.02 Å². The molecule has 156 valence electrons. The van der Waals surface area contributed by atoms with E-state index < -0.39 is 29.4 Å². The zero-order valence-corrected chi connectivity index (χ0v) is 17.2. The van der Waals surface area contributed by atoms with Gasteiger partial charge in [-0.3, -0.25) is 5.43 Å². The normalized spacial score (nSPS) is 12.1. The van der Waals surface area contributed by atoms with Gasteiger partial charge in [0, 0.05) is 16.8 Å². The second-order valence-corrected chi connectivity index (χ2v) is 7.75. The number of hydrogen-bond donors (Lipinski definition) is 2. The highest BCUT2D eigenvalue weighted by Gasteiger charge is 2.27. The zero-order valence-electron chi connectivity index (χ0n) is 16.4. The molecule has 0 fully saturated rings. The third kappa shape index (κ3) is 6.60. The number of hydrogen-bond acceptors (Lipinski definition) is 5. The number of carbonyl (C=O) groups is 2. The molecule has 0 heterocycles. The van der Waals surface area contributed by atoms with Gasteiger partial charge in [0.05, 0.1) is 11.4 Å². The molecule has 0 aromatic heterocycles. The summed E-state index contributed by atoms with van der Waals surface area (Å²) in [5.74, 6) is -1.51. The van der Waals surface area contributed by atoms with Gasteiger partial charge in [-0.15, -0.1) is 0 Å². The number of carbonyl (C=O) groups excluding carboxylic acids is 2. The minimum atomic E-state index is -0.861. The number of hydrazine groups is 1. The van der Waals surface area contributed by atoms with Crippen LogP contribution >= 0.6 is 11.6 Å². The second-order valence-electron chi connectivity index (χ2n) is 7.31. The Balaban J connectivity index is 2.36. The zero-order chi connectivity index (χ0) is 21.8. The fourth-order valence-electron chi connectivity index (χ4n) is 2.31. The summed E-state index contributed by atoms with van der Waals surface area (Å²) in [5, 5.41) is 4.21. The first kappa shape index (κ1) is 22.4. The third-order valence-corrected chi connectivity index (χ3v) is 3.79. The van der Waals surface area contributed by atoms with Gasteiger partial charge in [-0.05, 0) is 58.0 Å². The van der Waals surface area contributed by atoms with E-state index in [-0.39, 0.29) is 5.69 Å². The first-order valence-corrected chi connectivity index (χ1v) is 9.13. The molecular weight excluding hydrogens is 404 g/mol. The van der Waals surface area contributed by atoms with Crippen LogP contribution in [0.25, 0.3) is 0 Å². The summed E-state index contributed by atoms with van der Waals surface area (Å²) >= 11 is 6.04. The van der Waals surface area contributed by atoms with Crippen molar-refractivity contribution in [2.45, 2.75) is 39.3 Å². The highest BCUT2D eigenvalue weighted by Crippen LogP contribution is 2.30. The lowest BCUT2D eigenvalue weighted by Gasteiger charge is -2.31. The average Bonchev–Trinajstić information content (AvgIpc) is 2.58. The van der Waals surface area contributed by atoms with Gasteiger partial charge in [0.2, 0.25) is 0 Å². The van der Waals surface area contributed by atoms with E-state index in [1.54, 1.807) is 32.9 Å². The van der Waals surface area contributed by atoms with Crippen molar-refractivity contribution >= 4 is 41.0 Å². The van der Waals surface area contributed by atoms with Crippen LogP contribution in [0.4, 0.5) is 30.6 Å². The molecule has 0 unspecified atom stereocenters. The Morgan fingerprint density at radius 2 is 1.76 bits per heavy atom. The van der Waals surface area contributed by atoms with Crippen molar-refractivity contribution in [2.75, 3.05) is 10.7 Å². The predicted molar refractivity (Wildman–Crippen MR) is 108 cm³/mol. The summed E-state index contributed by atoms with van der Waals surface area (Å²) in [6.07, 6.45) is -0.197. The maximum atomic E-state index is 13.5. The first-order valence-electron chi connectivity index (χ1n) is 8.75. The van der Waals surface area contributed by atoms with E-state index in [2.05, 4.69) is 10.7 Å². The Kier molecular flexibility index (Phi) is 7.02. The molecule has 0 radical (unpaired) electrons. The van der Waals surface area contributed by atoms with Crippen LogP contribution in [0, 0.1) is 11.6 Å². The molecule has 0 aliphatic carbocycles. The van der Waals surface area contributed by atoms with Crippen molar-refractivity contribution < 1.29 is 23.1 Å². The Bertz CT molecular complexity index is 883. The van der Waals surface area contributed by atoms with E-state index in [1.165, 1.54) is 13.0 Å². The number of aldehydes is 1. The van der Waals surface area contributed by atoms with E-state index in [9.17, 15) is 18.4 Å². The van der Waals surface area contributed by atoms with Gasteiger partial charge in [-0.1, -0.05) is 11.6 Å². The number of anilines is 3. The van der Waals surface area contributed by atoms with Gasteiger partial charge < -0.3 is 14.8 Å². The van der Waals surface area contributed by atoms with Crippen LogP contribution < -0.4 is 10.7 Å². The Morgan fingerprint density at radius 1 is 1.14 bits per heavy atom. The van der Waals surface area contributed by atoms with Gasteiger partial charge in [0.1, 0.15) is 29.6 Å². The first-order chi connectivity index (χ1) is 13.5. The summed E-state index contributed by atoms with van der Waals surface area (Å²) in [5.41, 5.74) is 2.84. The maximum absolute atomic E-state index is 13.5. The van der Waals surface area contributed by atoms with E-state index in [1.807, 2.05) is 0 Å². The lowest BCUT2D eigenvalue weighted by Crippen LogP contribution is -2.46. The molecule has 0 aliphatic rings. The molecule has 9 heteroatoms. The van der Waals surface area contributed by atoms with E-state index >= 15 is 0 Å². The standard InChI is InChI=1S/C20H22ClF2N3O3/c1-12(11-27)26(19(28)29-20(2,3)4)25-17-6-5-13(21)7-18(17)24-16-9-14(22)8-15(23)10-16/h5-12,24-25H,1-4H3/t12-/m0/s1. The number of rotatable bonds is 6. The molecular formula is C20H22ClF2N3O3. The molecule has 0 saturated carbocycles. The quantitative estimate of drug-likeness (QED) is 0.471. The fourth-order valence-corrected chi connectivity index (χ4v) is 2.49.